The molecule has 0 fully saturated rings. The zero-order valence-electron chi connectivity index (χ0n) is 8.13. The molecule has 0 aliphatic rings. The molecule has 0 atom stereocenters. The molecule has 0 aromatic carbocycles. The molecule has 2 aromatic heterocycles. The number of pyridine rings is 1. The van der Waals surface area contributed by atoms with Crippen molar-refractivity contribution in [1.29, 1.82) is 0 Å². The lowest BCUT2D eigenvalue weighted by Gasteiger charge is -1.85. The minimum atomic E-state index is 1.07. The topological polar surface area (TPSA) is 19.9 Å². The molecule has 2 nitrogen and oxygen atoms in total. The van der Waals surface area contributed by atoms with Crippen molar-refractivity contribution in [2.45, 2.75) is 20.8 Å². The van der Waals surface area contributed by atoms with Crippen LogP contribution in [0.2, 0.25) is 0 Å². The van der Waals surface area contributed by atoms with E-state index in [1.54, 1.807) is 0 Å². The Labute approximate surface area is 86.7 Å². The van der Waals surface area contributed by atoms with Gasteiger partial charge in [0.2, 0.25) is 0 Å². The summed E-state index contributed by atoms with van der Waals surface area (Å²) >= 11 is 3.45. The van der Waals surface area contributed by atoms with Crippen molar-refractivity contribution in [3.63, 3.8) is 0 Å². The highest BCUT2D eigenvalue weighted by Gasteiger charge is 2.06. The van der Waals surface area contributed by atoms with Crippen LogP contribution in [-0.4, -0.2) is 4.98 Å². The van der Waals surface area contributed by atoms with E-state index >= 15 is 0 Å². The summed E-state index contributed by atoms with van der Waals surface area (Å²) in [5, 5.41) is 0. The van der Waals surface area contributed by atoms with Crippen LogP contribution in [0.3, 0.4) is 0 Å². The molecule has 2 aromatic rings. The number of halogens is 1. The smallest absolute Gasteiger partial charge is 0.241 e. The average Bonchev–Trinajstić information content (AvgIpc) is 2.51. The van der Waals surface area contributed by atoms with Crippen LogP contribution in [0.4, 0.5) is 0 Å². The Kier molecular flexibility index (Phi) is 3.48. The maximum atomic E-state index is 3.45. The van der Waals surface area contributed by atoms with Crippen LogP contribution >= 0.6 is 15.9 Å². The number of aryl methyl sites for hydroxylation is 1. The fourth-order valence-corrected chi connectivity index (χ4v) is 1.60. The number of aromatic nitrogens is 2. The van der Waals surface area contributed by atoms with E-state index in [9.17, 15) is 0 Å². The first-order chi connectivity index (χ1) is 6.27. The van der Waals surface area contributed by atoms with Crippen LogP contribution in [0.5, 0.6) is 0 Å². The van der Waals surface area contributed by atoms with Crippen molar-refractivity contribution in [2.24, 2.45) is 0 Å². The highest BCUT2D eigenvalue weighted by atomic mass is 79.9. The van der Waals surface area contributed by atoms with E-state index in [-0.39, 0.29) is 0 Å². The summed E-state index contributed by atoms with van der Waals surface area (Å²) in [5.41, 5.74) is 2.27. The Morgan fingerprint density at radius 2 is 2.00 bits per heavy atom. The van der Waals surface area contributed by atoms with E-state index in [0.29, 0.717) is 0 Å². The van der Waals surface area contributed by atoms with Crippen molar-refractivity contribution in [1.82, 2.24) is 4.98 Å². The van der Waals surface area contributed by atoms with E-state index in [0.717, 1.165) is 15.9 Å². The van der Waals surface area contributed by atoms with Gasteiger partial charge in [0.05, 0.1) is 0 Å². The normalized spacial score (nSPS) is 9.54. The van der Waals surface area contributed by atoms with Gasteiger partial charge in [-0.15, -0.1) is 0 Å². The van der Waals surface area contributed by atoms with Gasteiger partial charge in [0.1, 0.15) is 11.9 Å². The molecule has 3 heteroatoms. The van der Waals surface area contributed by atoms with Gasteiger partial charge in [-0.3, -0.25) is 0 Å². The molecule has 0 saturated heterocycles. The second kappa shape index (κ2) is 4.42. The number of hydrogen-bond donors (Lipinski definition) is 1. The third kappa shape index (κ3) is 2.10. The molecule has 70 valence electrons. The van der Waals surface area contributed by atoms with Crippen LogP contribution in [0.1, 0.15) is 19.5 Å². The van der Waals surface area contributed by atoms with Gasteiger partial charge in [0, 0.05) is 13.0 Å². The first-order valence-electron chi connectivity index (χ1n) is 4.43. The van der Waals surface area contributed by atoms with E-state index in [1.165, 1.54) is 0 Å². The second-order valence-corrected chi connectivity index (χ2v) is 3.35. The molecule has 0 radical (unpaired) electrons. The fraction of sp³-hybridized carbons (Fsp3) is 0.300. The Morgan fingerprint density at radius 1 is 1.31 bits per heavy atom. The molecular formula is C10H14BrN2+. The van der Waals surface area contributed by atoms with E-state index in [2.05, 4.69) is 31.5 Å². The third-order valence-electron chi connectivity index (χ3n) is 1.63. The summed E-state index contributed by atoms with van der Waals surface area (Å²) in [5.74, 6) is 0. The van der Waals surface area contributed by atoms with Gasteiger partial charge in [0.15, 0.2) is 4.60 Å². The summed E-state index contributed by atoms with van der Waals surface area (Å²) in [6.07, 6.45) is 2.05. The summed E-state index contributed by atoms with van der Waals surface area (Å²) in [6.45, 7) is 6.04. The molecule has 0 saturated carbocycles. The Hall–Kier alpha value is -0.830. The standard InChI is InChI=1S/C8H7BrN2.C2H6/c1-6-5-11-7(9)3-2-4-8(11)10-6;1-2/h2-5H,1H3;1-2H3/p+1. The van der Waals surface area contributed by atoms with E-state index < -0.39 is 0 Å². The Bertz CT molecular complexity index is 393. The SMILES string of the molecule is CC.Cc1c[n+]2c(Br)cccc2[nH]1. The van der Waals surface area contributed by atoms with Crippen LogP contribution in [0.25, 0.3) is 5.65 Å². The minimum absolute atomic E-state index is 1.07. The number of imidazole rings is 1. The third-order valence-corrected chi connectivity index (χ3v) is 2.27. The van der Waals surface area contributed by atoms with Crippen molar-refractivity contribution in [3.05, 3.63) is 34.7 Å². The number of aromatic amines is 1. The molecule has 1 N–H and O–H groups in total. The minimum Gasteiger partial charge on any atom is -0.241 e. The zero-order chi connectivity index (χ0) is 9.84. The van der Waals surface area contributed by atoms with Crippen LogP contribution in [0.15, 0.2) is 29.0 Å². The molecule has 2 rings (SSSR count). The number of rotatable bonds is 0. The lowest BCUT2D eigenvalue weighted by Crippen LogP contribution is -2.19. The number of hydrogen-bond acceptors (Lipinski definition) is 0. The van der Waals surface area contributed by atoms with Gasteiger partial charge < -0.3 is 0 Å². The largest absolute Gasteiger partial charge is 0.285 e. The van der Waals surface area contributed by atoms with E-state index in [4.69, 9.17) is 0 Å². The summed E-state index contributed by atoms with van der Waals surface area (Å²) in [7, 11) is 0. The maximum absolute atomic E-state index is 3.45. The van der Waals surface area contributed by atoms with Crippen LogP contribution in [-0.2, 0) is 0 Å². The summed E-state index contributed by atoms with van der Waals surface area (Å²) in [4.78, 5) is 3.23. The second-order valence-electron chi connectivity index (χ2n) is 2.54. The lowest BCUT2D eigenvalue weighted by molar-refractivity contribution is -0.523. The van der Waals surface area contributed by atoms with Gasteiger partial charge in [-0.1, -0.05) is 13.8 Å². The average molecular weight is 242 g/mol. The van der Waals surface area contributed by atoms with Gasteiger partial charge in [-0.05, 0) is 28.1 Å². The first-order valence-corrected chi connectivity index (χ1v) is 5.22. The molecule has 0 spiro atoms. The quantitative estimate of drug-likeness (QED) is 0.541. The summed E-state index contributed by atoms with van der Waals surface area (Å²) < 4.78 is 3.13. The van der Waals surface area contributed by atoms with Crippen LogP contribution < -0.4 is 4.40 Å². The molecule has 0 aliphatic carbocycles. The zero-order valence-corrected chi connectivity index (χ0v) is 9.72. The molecule has 0 unspecified atom stereocenters. The molecule has 13 heavy (non-hydrogen) atoms. The maximum Gasteiger partial charge on any atom is 0.285 e. The van der Waals surface area contributed by atoms with Crippen LogP contribution in [0, 0.1) is 6.92 Å². The van der Waals surface area contributed by atoms with Gasteiger partial charge in [-0.25, -0.2) is 4.98 Å². The van der Waals surface area contributed by atoms with Gasteiger partial charge in [-0.2, -0.15) is 4.40 Å². The predicted octanol–water partition coefficient (Wildman–Crippen LogP) is 2.85. The molecular weight excluding hydrogens is 228 g/mol. The number of nitrogens with one attached hydrogen (secondary N) is 1. The van der Waals surface area contributed by atoms with E-state index in [1.807, 2.05) is 39.0 Å². The number of nitrogens with zero attached hydrogens (tertiary/aromatic N) is 1. The Morgan fingerprint density at radius 3 is 2.62 bits per heavy atom. The number of H-pyrrole nitrogens is 1. The van der Waals surface area contributed by atoms with Crippen molar-refractivity contribution < 1.29 is 4.40 Å². The highest BCUT2D eigenvalue weighted by molar-refractivity contribution is 9.10. The fourth-order valence-electron chi connectivity index (χ4n) is 1.16. The van der Waals surface area contributed by atoms with Crippen molar-refractivity contribution in [3.8, 4) is 0 Å². The lowest BCUT2D eigenvalue weighted by atomic mass is 10.5. The molecule has 0 bridgehead atoms. The number of fused-ring (bicyclic) bond motifs is 1. The molecule has 2 heterocycles. The van der Waals surface area contributed by atoms with Gasteiger partial charge in [0.25, 0.3) is 5.65 Å². The molecule has 0 aliphatic heterocycles. The predicted molar refractivity (Wildman–Crippen MR) is 57.7 cm³/mol. The summed E-state index contributed by atoms with van der Waals surface area (Å²) in [6, 6.07) is 6.06. The van der Waals surface area contributed by atoms with Crippen molar-refractivity contribution in [2.75, 3.05) is 0 Å². The van der Waals surface area contributed by atoms with Crippen molar-refractivity contribution >= 4 is 21.6 Å². The highest BCUT2D eigenvalue weighted by Crippen LogP contribution is 2.05. The molecule has 0 amide bonds. The Balaban J connectivity index is 0.000000396. The first kappa shape index (κ1) is 10.3. The monoisotopic (exact) mass is 241 g/mol. The van der Waals surface area contributed by atoms with Gasteiger partial charge >= 0.3 is 0 Å².